The van der Waals surface area contributed by atoms with Crippen molar-refractivity contribution in [3.63, 3.8) is 0 Å². The summed E-state index contributed by atoms with van der Waals surface area (Å²) in [6, 6.07) is 13.8. The zero-order chi connectivity index (χ0) is 12.3. The molecule has 0 aliphatic rings. The fourth-order valence-electron chi connectivity index (χ4n) is 1.53. The van der Waals surface area contributed by atoms with Crippen molar-refractivity contribution in [2.24, 2.45) is 0 Å². The van der Waals surface area contributed by atoms with Crippen LogP contribution in [0.3, 0.4) is 0 Å². The van der Waals surface area contributed by atoms with Crippen molar-refractivity contribution in [3.8, 4) is 11.8 Å². The molecule has 1 atom stereocenters. The molecule has 0 saturated heterocycles. The van der Waals surface area contributed by atoms with Gasteiger partial charge in [0.05, 0.1) is 10.5 Å². The largest absolute Gasteiger partial charge is 0.490 e. The molecule has 0 amide bonds. The van der Waals surface area contributed by atoms with Crippen LogP contribution in [0.4, 0.5) is 0 Å². The maximum Gasteiger partial charge on any atom is 0.154 e. The minimum atomic E-state index is -0.631. The van der Waals surface area contributed by atoms with Crippen molar-refractivity contribution in [1.29, 1.82) is 5.26 Å². The van der Waals surface area contributed by atoms with Gasteiger partial charge in [-0.25, -0.2) is 0 Å². The van der Waals surface area contributed by atoms with Gasteiger partial charge in [0, 0.05) is 0 Å². The quantitative estimate of drug-likeness (QED) is 0.799. The van der Waals surface area contributed by atoms with Crippen molar-refractivity contribution in [2.75, 3.05) is 6.61 Å². The molecule has 0 spiro atoms. The number of halogens is 2. The Bertz CT molecular complexity index is 579. The molecule has 17 heavy (non-hydrogen) atoms. The Balaban J connectivity index is 2.30. The highest BCUT2D eigenvalue weighted by Gasteiger charge is 2.08. The van der Waals surface area contributed by atoms with E-state index in [4.69, 9.17) is 21.6 Å². The van der Waals surface area contributed by atoms with Gasteiger partial charge in [-0.2, -0.15) is 5.26 Å². The van der Waals surface area contributed by atoms with Gasteiger partial charge in [-0.3, -0.25) is 0 Å². The molecule has 0 N–H and O–H groups in total. The van der Waals surface area contributed by atoms with Gasteiger partial charge in [0.1, 0.15) is 12.4 Å². The van der Waals surface area contributed by atoms with Gasteiger partial charge in [0.15, 0.2) is 5.38 Å². The number of benzene rings is 2. The van der Waals surface area contributed by atoms with E-state index in [-0.39, 0.29) is 6.61 Å². The Hall–Kier alpha value is -1.24. The van der Waals surface area contributed by atoms with Crippen LogP contribution in [0.2, 0.25) is 0 Å². The molecule has 2 rings (SSSR count). The first kappa shape index (κ1) is 12.2. The molecule has 0 aliphatic heterocycles. The molecule has 2 aromatic carbocycles. The summed E-state index contributed by atoms with van der Waals surface area (Å²) in [5.74, 6) is 0.699. The van der Waals surface area contributed by atoms with Crippen LogP contribution < -0.4 is 4.74 Å². The second-order valence-electron chi connectivity index (χ2n) is 3.51. The molecule has 0 saturated carbocycles. The lowest BCUT2D eigenvalue weighted by molar-refractivity contribution is 0.327. The molecular weight excluding hydrogens is 302 g/mol. The summed E-state index contributed by atoms with van der Waals surface area (Å²) in [6.07, 6.45) is 0. The normalized spacial score (nSPS) is 12.1. The Kier molecular flexibility index (Phi) is 3.88. The predicted octanol–water partition coefficient (Wildman–Crippen LogP) is 4.11. The zero-order valence-electron chi connectivity index (χ0n) is 8.86. The SMILES string of the molecule is N#CC(Cl)COc1ccc2ccccc2c1Br. The third kappa shape index (κ3) is 2.71. The first-order chi connectivity index (χ1) is 8.22. The lowest BCUT2D eigenvalue weighted by Gasteiger charge is -2.10. The number of hydrogen-bond donors (Lipinski definition) is 0. The summed E-state index contributed by atoms with van der Waals surface area (Å²) >= 11 is 9.19. The van der Waals surface area contributed by atoms with Crippen LogP contribution in [0.1, 0.15) is 0 Å². The van der Waals surface area contributed by atoms with E-state index in [0.717, 1.165) is 15.2 Å². The topological polar surface area (TPSA) is 33.0 Å². The van der Waals surface area contributed by atoms with Crippen molar-refractivity contribution >= 4 is 38.3 Å². The van der Waals surface area contributed by atoms with E-state index < -0.39 is 5.38 Å². The second-order valence-corrected chi connectivity index (χ2v) is 4.83. The third-order valence-corrected chi connectivity index (χ3v) is 3.39. The molecule has 2 aromatic rings. The van der Waals surface area contributed by atoms with Crippen LogP contribution in [0.5, 0.6) is 5.75 Å². The average molecular weight is 311 g/mol. The number of nitrogens with zero attached hydrogens (tertiary/aromatic N) is 1. The Morgan fingerprint density at radius 2 is 2.06 bits per heavy atom. The van der Waals surface area contributed by atoms with Crippen LogP contribution in [0.25, 0.3) is 10.8 Å². The molecule has 0 radical (unpaired) electrons. The second kappa shape index (κ2) is 5.39. The Labute approximate surface area is 113 Å². The molecule has 0 bridgehead atoms. The Morgan fingerprint density at radius 1 is 1.29 bits per heavy atom. The smallest absolute Gasteiger partial charge is 0.154 e. The van der Waals surface area contributed by atoms with E-state index in [1.54, 1.807) is 0 Å². The molecule has 0 aromatic heterocycles. The first-order valence-electron chi connectivity index (χ1n) is 5.06. The van der Waals surface area contributed by atoms with Crippen molar-refractivity contribution in [3.05, 3.63) is 40.9 Å². The minimum absolute atomic E-state index is 0.176. The number of nitriles is 1. The van der Waals surface area contributed by atoms with Gasteiger partial charge in [0.25, 0.3) is 0 Å². The maximum atomic E-state index is 8.58. The number of hydrogen-bond acceptors (Lipinski definition) is 2. The zero-order valence-corrected chi connectivity index (χ0v) is 11.2. The van der Waals surface area contributed by atoms with Crippen molar-refractivity contribution < 1.29 is 4.74 Å². The third-order valence-electron chi connectivity index (χ3n) is 2.35. The van der Waals surface area contributed by atoms with Gasteiger partial charge in [0.2, 0.25) is 0 Å². The van der Waals surface area contributed by atoms with Crippen LogP contribution in [0, 0.1) is 11.3 Å². The molecule has 4 heteroatoms. The van der Waals surface area contributed by atoms with Crippen molar-refractivity contribution in [2.45, 2.75) is 5.38 Å². The van der Waals surface area contributed by atoms with Gasteiger partial charge in [-0.15, -0.1) is 11.6 Å². The average Bonchev–Trinajstić information content (AvgIpc) is 2.38. The fraction of sp³-hybridized carbons (Fsp3) is 0.154. The molecule has 0 aliphatic carbocycles. The lowest BCUT2D eigenvalue weighted by Crippen LogP contribution is -2.09. The number of fused-ring (bicyclic) bond motifs is 1. The van der Waals surface area contributed by atoms with Gasteiger partial charge in [-0.05, 0) is 32.8 Å². The lowest BCUT2D eigenvalue weighted by atomic mass is 10.1. The highest BCUT2D eigenvalue weighted by molar-refractivity contribution is 9.10. The number of rotatable bonds is 3. The van der Waals surface area contributed by atoms with E-state index in [9.17, 15) is 0 Å². The van der Waals surface area contributed by atoms with E-state index in [1.807, 2.05) is 42.5 Å². The predicted molar refractivity (Wildman–Crippen MR) is 72.4 cm³/mol. The van der Waals surface area contributed by atoms with Crippen LogP contribution >= 0.6 is 27.5 Å². The molecule has 2 nitrogen and oxygen atoms in total. The maximum absolute atomic E-state index is 8.58. The summed E-state index contributed by atoms with van der Waals surface area (Å²) in [7, 11) is 0. The molecule has 0 fully saturated rings. The van der Waals surface area contributed by atoms with Gasteiger partial charge >= 0.3 is 0 Å². The number of alkyl halides is 1. The summed E-state index contributed by atoms with van der Waals surface area (Å²) in [4.78, 5) is 0. The van der Waals surface area contributed by atoms with Crippen LogP contribution in [0.15, 0.2) is 40.9 Å². The highest BCUT2D eigenvalue weighted by atomic mass is 79.9. The van der Waals surface area contributed by atoms with Crippen molar-refractivity contribution in [1.82, 2.24) is 0 Å². The minimum Gasteiger partial charge on any atom is -0.490 e. The van der Waals surface area contributed by atoms with Gasteiger partial charge < -0.3 is 4.74 Å². The van der Waals surface area contributed by atoms with Crippen LogP contribution in [-0.2, 0) is 0 Å². The van der Waals surface area contributed by atoms with E-state index in [1.165, 1.54) is 0 Å². The standard InChI is InChI=1S/C13H9BrClNO/c14-13-11-4-2-1-3-9(11)5-6-12(13)17-8-10(15)7-16/h1-6,10H,8H2. The Morgan fingerprint density at radius 3 is 2.82 bits per heavy atom. The van der Waals surface area contributed by atoms with Crippen LogP contribution in [-0.4, -0.2) is 12.0 Å². The number of ether oxygens (including phenoxy) is 1. The first-order valence-corrected chi connectivity index (χ1v) is 6.29. The summed E-state index contributed by atoms with van der Waals surface area (Å²) in [5, 5.41) is 10.2. The highest BCUT2D eigenvalue weighted by Crippen LogP contribution is 2.33. The molecule has 1 unspecified atom stereocenters. The summed E-state index contributed by atoms with van der Waals surface area (Å²) in [5.41, 5.74) is 0. The molecule has 86 valence electrons. The summed E-state index contributed by atoms with van der Waals surface area (Å²) in [6.45, 7) is 0.176. The fourth-order valence-corrected chi connectivity index (χ4v) is 2.20. The van der Waals surface area contributed by atoms with E-state index >= 15 is 0 Å². The summed E-state index contributed by atoms with van der Waals surface area (Å²) < 4.78 is 6.38. The molecular formula is C13H9BrClNO. The molecule has 0 heterocycles. The monoisotopic (exact) mass is 309 g/mol. The van der Waals surface area contributed by atoms with E-state index in [2.05, 4.69) is 15.9 Å². The van der Waals surface area contributed by atoms with E-state index in [0.29, 0.717) is 5.75 Å². The van der Waals surface area contributed by atoms with Gasteiger partial charge in [-0.1, -0.05) is 30.3 Å².